The average molecular weight is 223 g/mol. The van der Waals surface area contributed by atoms with Crippen LogP contribution in [0.1, 0.15) is 52.4 Å². The monoisotopic (exact) mass is 223 g/mol. The molecule has 92 valence electrons. The van der Waals surface area contributed by atoms with Crippen molar-refractivity contribution >= 4 is 5.78 Å². The van der Waals surface area contributed by atoms with Gasteiger partial charge in [0.1, 0.15) is 5.78 Å². The number of hydrogen-bond acceptors (Lipinski definition) is 2. The van der Waals surface area contributed by atoms with Crippen molar-refractivity contribution in [1.82, 2.24) is 4.90 Å². The lowest BCUT2D eigenvalue weighted by molar-refractivity contribution is -0.123. The maximum Gasteiger partial charge on any atom is 0.135 e. The lowest BCUT2D eigenvalue weighted by atomic mass is 9.82. The Kier molecular flexibility index (Phi) is 4.01. The van der Waals surface area contributed by atoms with Gasteiger partial charge in [-0.25, -0.2) is 0 Å². The van der Waals surface area contributed by atoms with E-state index in [2.05, 4.69) is 18.7 Å². The summed E-state index contributed by atoms with van der Waals surface area (Å²) in [5.41, 5.74) is 0. The van der Waals surface area contributed by atoms with E-state index in [9.17, 15) is 4.79 Å². The molecular formula is C14H25NO. The molecule has 0 aromatic carbocycles. The number of piperidine rings is 1. The molecule has 0 N–H and O–H groups in total. The summed E-state index contributed by atoms with van der Waals surface area (Å²) in [6, 6.07) is 0.487. The molecule has 0 amide bonds. The lowest BCUT2D eigenvalue weighted by Gasteiger charge is -2.37. The minimum atomic E-state index is 0.459. The van der Waals surface area contributed by atoms with Crippen LogP contribution in [0.25, 0.3) is 0 Å². The molecule has 2 nitrogen and oxygen atoms in total. The molecule has 1 unspecified atom stereocenters. The summed E-state index contributed by atoms with van der Waals surface area (Å²) in [4.78, 5) is 13.9. The Morgan fingerprint density at radius 3 is 2.50 bits per heavy atom. The summed E-state index contributed by atoms with van der Waals surface area (Å²) in [5, 5.41) is 0. The number of ketones is 1. The molecule has 0 aromatic rings. The average Bonchev–Trinajstić information content (AvgIpc) is 2.25. The first-order valence-electron chi connectivity index (χ1n) is 6.91. The van der Waals surface area contributed by atoms with E-state index in [0.29, 0.717) is 11.8 Å². The fraction of sp³-hybridized carbons (Fsp3) is 0.929. The SMILES string of the molecule is CC1CCC(CN2CCC(=O)CC2C)CC1. The number of hydrogen-bond donors (Lipinski definition) is 0. The first-order chi connectivity index (χ1) is 7.65. The molecule has 0 spiro atoms. The van der Waals surface area contributed by atoms with E-state index in [-0.39, 0.29) is 0 Å². The molecule has 1 saturated carbocycles. The quantitative estimate of drug-likeness (QED) is 0.717. The number of carbonyl (C=O) groups excluding carboxylic acids is 1. The topological polar surface area (TPSA) is 20.3 Å². The Morgan fingerprint density at radius 2 is 1.88 bits per heavy atom. The van der Waals surface area contributed by atoms with Crippen LogP contribution >= 0.6 is 0 Å². The van der Waals surface area contributed by atoms with Gasteiger partial charge in [0, 0.05) is 32.0 Å². The van der Waals surface area contributed by atoms with Crippen LogP contribution in [0.5, 0.6) is 0 Å². The van der Waals surface area contributed by atoms with Gasteiger partial charge in [-0.05, 0) is 31.6 Å². The molecule has 1 aliphatic carbocycles. The van der Waals surface area contributed by atoms with Crippen molar-refractivity contribution in [3.63, 3.8) is 0 Å². The zero-order valence-electron chi connectivity index (χ0n) is 10.7. The molecule has 1 atom stereocenters. The van der Waals surface area contributed by atoms with Crippen molar-refractivity contribution in [2.75, 3.05) is 13.1 Å². The second-order valence-electron chi connectivity index (χ2n) is 5.96. The minimum Gasteiger partial charge on any atom is -0.300 e. The summed E-state index contributed by atoms with van der Waals surface area (Å²) >= 11 is 0. The van der Waals surface area contributed by atoms with Gasteiger partial charge in [0.25, 0.3) is 0 Å². The van der Waals surface area contributed by atoms with Crippen LogP contribution in [-0.2, 0) is 4.79 Å². The summed E-state index contributed by atoms with van der Waals surface area (Å²) in [7, 11) is 0. The molecule has 1 heterocycles. The zero-order valence-corrected chi connectivity index (χ0v) is 10.7. The third kappa shape index (κ3) is 3.07. The van der Waals surface area contributed by atoms with Crippen molar-refractivity contribution in [2.24, 2.45) is 11.8 Å². The Balaban J connectivity index is 1.78. The van der Waals surface area contributed by atoms with Crippen LogP contribution in [0, 0.1) is 11.8 Å². The largest absolute Gasteiger partial charge is 0.300 e. The molecule has 2 aliphatic rings. The third-order valence-electron chi connectivity index (χ3n) is 4.45. The van der Waals surface area contributed by atoms with Crippen LogP contribution in [0.3, 0.4) is 0 Å². The smallest absolute Gasteiger partial charge is 0.135 e. The third-order valence-corrected chi connectivity index (χ3v) is 4.45. The van der Waals surface area contributed by atoms with Gasteiger partial charge >= 0.3 is 0 Å². The lowest BCUT2D eigenvalue weighted by Crippen LogP contribution is -2.43. The van der Waals surface area contributed by atoms with Crippen molar-refractivity contribution in [3.05, 3.63) is 0 Å². The highest BCUT2D eigenvalue weighted by Gasteiger charge is 2.27. The van der Waals surface area contributed by atoms with Crippen LogP contribution in [-0.4, -0.2) is 29.8 Å². The molecule has 2 fully saturated rings. The predicted octanol–water partition coefficient (Wildman–Crippen LogP) is 2.87. The Morgan fingerprint density at radius 1 is 1.19 bits per heavy atom. The molecule has 16 heavy (non-hydrogen) atoms. The first-order valence-corrected chi connectivity index (χ1v) is 6.91. The maximum atomic E-state index is 11.3. The maximum absolute atomic E-state index is 11.3. The van der Waals surface area contributed by atoms with Crippen LogP contribution < -0.4 is 0 Å². The molecule has 2 rings (SSSR count). The van der Waals surface area contributed by atoms with E-state index in [1.54, 1.807) is 0 Å². The van der Waals surface area contributed by atoms with E-state index in [4.69, 9.17) is 0 Å². The van der Waals surface area contributed by atoms with Crippen molar-refractivity contribution < 1.29 is 4.79 Å². The second-order valence-corrected chi connectivity index (χ2v) is 5.96. The molecule has 1 saturated heterocycles. The molecule has 0 bridgehead atoms. The highest BCUT2D eigenvalue weighted by atomic mass is 16.1. The van der Waals surface area contributed by atoms with Gasteiger partial charge in [-0.2, -0.15) is 0 Å². The van der Waals surface area contributed by atoms with Gasteiger partial charge in [0.05, 0.1) is 0 Å². The minimum absolute atomic E-state index is 0.459. The van der Waals surface area contributed by atoms with Crippen molar-refractivity contribution in [3.8, 4) is 0 Å². The second kappa shape index (κ2) is 5.31. The summed E-state index contributed by atoms with van der Waals surface area (Å²) in [6.07, 6.45) is 7.19. The normalized spacial score (nSPS) is 37.6. The van der Waals surface area contributed by atoms with Gasteiger partial charge in [0.2, 0.25) is 0 Å². The van der Waals surface area contributed by atoms with Gasteiger partial charge < -0.3 is 0 Å². The zero-order chi connectivity index (χ0) is 11.5. The van der Waals surface area contributed by atoms with E-state index in [0.717, 1.165) is 31.2 Å². The van der Waals surface area contributed by atoms with E-state index < -0.39 is 0 Å². The summed E-state index contributed by atoms with van der Waals surface area (Å²) < 4.78 is 0. The van der Waals surface area contributed by atoms with Crippen LogP contribution in [0.4, 0.5) is 0 Å². The van der Waals surface area contributed by atoms with Crippen LogP contribution in [0.15, 0.2) is 0 Å². The molecule has 2 heteroatoms. The standard InChI is InChI=1S/C14H25NO/c1-11-3-5-13(6-4-11)10-15-8-7-14(16)9-12(15)2/h11-13H,3-10H2,1-2H3. The molecule has 0 radical (unpaired) electrons. The fourth-order valence-electron chi connectivity index (χ4n) is 3.16. The number of carbonyl (C=O) groups is 1. The number of Topliss-reactive ketones (excluding diaryl/α,β-unsaturated/α-hetero) is 1. The number of rotatable bonds is 2. The van der Waals surface area contributed by atoms with Gasteiger partial charge in [0.15, 0.2) is 0 Å². The number of likely N-dealkylation sites (tertiary alicyclic amines) is 1. The van der Waals surface area contributed by atoms with E-state index in [1.807, 2.05) is 0 Å². The Hall–Kier alpha value is -0.370. The highest BCUT2D eigenvalue weighted by molar-refractivity contribution is 5.79. The van der Waals surface area contributed by atoms with Crippen molar-refractivity contribution in [2.45, 2.75) is 58.4 Å². The number of nitrogens with zero attached hydrogens (tertiary/aromatic N) is 1. The molecule has 1 aliphatic heterocycles. The Labute approximate surface area is 99.4 Å². The van der Waals surface area contributed by atoms with Crippen LogP contribution in [0.2, 0.25) is 0 Å². The summed E-state index contributed by atoms with van der Waals surface area (Å²) in [5.74, 6) is 2.30. The highest BCUT2D eigenvalue weighted by Crippen LogP contribution is 2.30. The van der Waals surface area contributed by atoms with Gasteiger partial charge in [-0.1, -0.05) is 19.8 Å². The Bertz CT molecular complexity index is 243. The van der Waals surface area contributed by atoms with Crippen molar-refractivity contribution in [1.29, 1.82) is 0 Å². The molecule has 0 aromatic heterocycles. The fourth-order valence-corrected chi connectivity index (χ4v) is 3.16. The van der Waals surface area contributed by atoms with Gasteiger partial charge in [-0.3, -0.25) is 9.69 Å². The predicted molar refractivity (Wildman–Crippen MR) is 66.4 cm³/mol. The van der Waals surface area contributed by atoms with E-state index >= 15 is 0 Å². The van der Waals surface area contributed by atoms with Gasteiger partial charge in [-0.15, -0.1) is 0 Å². The van der Waals surface area contributed by atoms with E-state index in [1.165, 1.54) is 32.2 Å². The summed E-state index contributed by atoms with van der Waals surface area (Å²) in [6.45, 7) is 6.83. The molecular weight excluding hydrogens is 198 g/mol. The first kappa shape index (κ1) is 12.1.